The number of urea groups is 1. The number of benzene rings is 1. The fourth-order valence-corrected chi connectivity index (χ4v) is 2.89. The molecule has 0 spiro atoms. The number of hydrogen-bond acceptors (Lipinski definition) is 5. The number of hydrogen-bond donors (Lipinski definition) is 2. The first-order valence-electron chi connectivity index (χ1n) is 6.97. The molecule has 2 heterocycles. The van der Waals surface area contributed by atoms with Gasteiger partial charge in [-0.15, -0.1) is 0 Å². The smallest absolute Gasteiger partial charge is 0.309 e. The van der Waals surface area contributed by atoms with E-state index in [0.717, 1.165) is 0 Å². The molecule has 1 aromatic carbocycles. The van der Waals surface area contributed by atoms with E-state index < -0.39 is 23.9 Å². The van der Waals surface area contributed by atoms with Crippen molar-refractivity contribution >= 4 is 17.8 Å². The van der Waals surface area contributed by atoms with E-state index in [0.29, 0.717) is 28.5 Å². The molecule has 4 amide bonds. The second-order valence-corrected chi connectivity index (χ2v) is 5.41. The maximum atomic E-state index is 12.4. The van der Waals surface area contributed by atoms with E-state index in [4.69, 9.17) is 5.84 Å². The summed E-state index contributed by atoms with van der Waals surface area (Å²) < 4.78 is 0. The third-order valence-corrected chi connectivity index (χ3v) is 4.11. The van der Waals surface area contributed by atoms with Crippen molar-refractivity contribution in [1.29, 1.82) is 0 Å². The Labute approximate surface area is 126 Å². The van der Waals surface area contributed by atoms with Crippen LogP contribution in [0.1, 0.15) is 23.2 Å². The van der Waals surface area contributed by atoms with Crippen LogP contribution >= 0.6 is 0 Å². The molecule has 2 bridgehead atoms. The maximum absolute atomic E-state index is 12.4. The van der Waals surface area contributed by atoms with E-state index >= 15 is 0 Å². The molecule has 2 aliphatic heterocycles. The van der Waals surface area contributed by atoms with Crippen LogP contribution in [0.5, 0.6) is 0 Å². The summed E-state index contributed by atoms with van der Waals surface area (Å²) in [6.45, 7) is 0.263. The predicted octanol–water partition coefficient (Wildman–Crippen LogP) is 0.187. The van der Waals surface area contributed by atoms with Gasteiger partial charge in [0.25, 0.3) is 11.8 Å². The fraction of sp³-hybridized carbons (Fsp3) is 0.357. The Morgan fingerprint density at radius 2 is 1.91 bits per heavy atom. The lowest BCUT2D eigenvalue weighted by molar-refractivity contribution is -0.134. The van der Waals surface area contributed by atoms with E-state index in [1.54, 1.807) is 30.3 Å². The lowest BCUT2D eigenvalue weighted by Crippen LogP contribution is -2.55. The Morgan fingerprint density at radius 1 is 1.23 bits per heavy atom. The minimum Gasteiger partial charge on any atom is -0.309 e. The minimum atomic E-state index is -0.821. The molecule has 0 unspecified atom stereocenters. The number of carbonyl (C=O) groups excluding carboxylic acids is 3. The van der Waals surface area contributed by atoms with E-state index in [1.807, 2.05) is 0 Å². The molecule has 2 saturated heterocycles. The molecule has 8 nitrogen and oxygen atoms in total. The van der Waals surface area contributed by atoms with Crippen molar-refractivity contribution in [3.63, 3.8) is 0 Å². The summed E-state index contributed by atoms with van der Waals surface area (Å²) in [5, 5.41) is 10.8. The van der Waals surface area contributed by atoms with Crippen molar-refractivity contribution in [3.8, 4) is 0 Å². The zero-order valence-corrected chi connectivity index (χ0v) is 11.8. The van der Waals surface area contributed by atoms with Gasteiger partial charge in [-0.25, -0.2) is 20.7 Å². The first-order chi connectivity index (χ1) is 10.5. The molecule has 116 valence electrons. The number of amides is 4. The quantitative estimate of drug-likeness (QED) is 0.266. The molecular weight excluding hydrogens is 288 g/mol. The van der Waals surface area contributed by atoms with Crippen LogP contribution in [-0.2, 0) is 4.79 Å². The van der Waals surface area contributed by atoms with Gasteiger partial charge in [-0.05, 0) is 25.0 Å². The maximum Gasteiger partial charge on any atom is 0.344 e. The molecule has 2 aliphatic rings. The monoisotopic (exact) mass is 304 g/mol. The Balaban J connectivity index is 1.76. The lowest BCUT2D eigenvalue weighted by atomic mass is 10.00. The SMILES string of the molecule is NN(C(=O)c1ccccc1)C(=O)[C@H]1CC[C@@H]2CN1C(=O)N2O. The largest absolute Gasteiger partial charge is 0.344 e. The highest BCUT2D eigenvalue weighted by Crippen LogP contribution is 2.29. The van der Waals surface area contributed by atoms with Gasteiger partial charge in [0.15, 0.2) is 0 Å². The van der Waals surface area contributed by atoms with Crippen molar-refractivity contribution in [2.75, 3.05) is 6.54 Å². The normalized spacial score (nSPS) is 23.6. The third kappa shape index (κ3) is 2.22. The molecule has 0 aliphatic carbocycles. The van der Waals surface area contributed by atoms with Gasteiger partial charge in [-0.2, -0.15) is 0 Å². The first-order valence-corrected chi connectivity index (χ1v) is 6.97. The summed E-state index contributed by atoms with van der Waals surface area (Å²) in [5.41, 5.74) is 0.295. The highest BCUT2D eigenvalue weighted by molar-refractivity contribution is 6.06. The summed E-state index contributed by atoms with van der Waals surface area (Å²) in [6.07, 6.45) is 0.852. The highest BCUT2D eigenvalue weighted by Gasteiger charge is 2.48. The van der Waals surface area contributed by atoms with Gasteiger partial charge in [0.2, 0.25) is 0 Å². The summed E-state index contributed by atoms with van der Waals surface area (Å²) in [5.74, 6) is 4.39. The molecular formula is C14H16N4O4. The van der Waals surface area contributed by atoms with Crippen LogP contribution in [0.15, 0.2) is 30.3 Å². The average molecular weight is 304 g/mol. The van der Waals surface area contributed by atoms with E-state index in [1.165, 1.54) is 4.90 Å². The second-order valence-electron chi connectivity index (χ2n) is 5.41. The summed E-state index contributed by atoms with van der Waals surface area (Å²) in [7, 11) is 0. The average Bonchev–Trinajstić information content (AvgIpc) is 2.78. The number of nitrogens with zero attached hydrogens (tertiary/aromatic N) is 3. The molecule has 8 heteroatoms. The van der Waals surface area contributed by atoms with E-state index in [9.17, 15) is 19.6 Å². The van der Waals surface area contributed by atoms with Gasteiger partial charge in [-0.3, -0.25) is 14.8 Å². The number of rotatable bonds is 2. The number of hydroxylamine groups is 2. The molecule has 3 rings (SSSR count). The molecule has 0 radical (unpaired) electrons. The van der Waals surface area contributed by atoms with Crippen molar-refractivity contribution in [1.82, 2.24) is 15.0 Å². The Morgan fingerprint density at radius 3 is 2.59 bits per heavy atom. The van der Waals surface area contributed by atoms with Crippen LogP contribution in [0.3, 0.4) is 0 Å². The minimum absolute atomic E-state index is 0.263. The number of nitrogens with two attached hydrogens (primary N) is 1. The van der Waals surface area contributed by atoms with E-state index in [2.05, 4.69) is 0 Å². The molecule has 0 aromatic heterocycles. The van der Waals surface area contributed by atoms with Crippen molar-refractivity contribution in [3.05, 3.63) is 35.9 Å². The van der Waals surface area contributed by atoms with Crippen molar-refractivity contribution in [2.45, 2.75) is 24.9 Å². The Bertz CT molecular complexity index is 621. The molecule has 0 saturated carbocycles. The van der Waals surface area contributed by atoms with Gasteiger partial charge in [-0.1, -0.05) is 18.2 Å². The van der Waals surface area contributed by atoms with Gasteiger partial charge < -0.3 is 4.90 Å². The summed E-state index contributed by atoms with van der Waals surface area (Å²) in [6, 6.07) is 6.47. The zero-order chi connectivity index (χ0) is 15.9. The molecule has 22 heavy (non-hydrogen) atoms. The predicted molar refractivity (Wildman–Crippen MR) is 74.3 cm³/mol. The molecule has 1 aromatic rings. The molecule has 2 fully saturated rings. The van der Waals surface area contributed by atoms with Crippen molar-refractivity contribution in [2.24, 2.45) is 5.84 Å². The van der Waals surface area contributed by atoms with Crippen molar-refractivity contribution < 1.29 is 19.6 Å². The Kier molecular flexibility index (Phi) is 3.55. The van der Waals surface area contributed by atoms with E-state index in [-0.39, 0.29) is 12.6 Å². The topological polar surface area (TPSA) is 107 Å². The lowest BCUT2D eigenvalue weighted by Gasteiger charge is -2.31. The Hall–Kier alpha value is -2.45. The van der Waals surface area contributed by atoms with Crippen LogP contribution in [0.4, 0.5) is 4.79 Å². The van der Waals surface area contributed by atoms with Crippen LogP contribution in [0.25, 0.3) is 0 Å². The fourth-order valence-electron chi connectivity index (χ4n) is 2.89. The number of hydrazine groups is 1. The number of fused-ring (bicyclic) bond motifs is 2. The number of imide groups is 1. The third-order valence-electron chi connectivity index (χ3n) is 4.11. The molecule has 2 atom stereocenters. The van der Waals surface area contributed by atoms with Gasteiger partial charge in [0.05, 0.1) is 6.04 Å². The summed E-state index contributed by atoms with van der Waals surface area (Å²) >= 11 is 0. The number of piperidine rings is 1. The van der Waals surface area contributed by atoms with Crippen LogP contribution in [0.2, 0.25) is 0 Å². The number of carbonyl (C=O) groups is 3. The highest BCUT2D eigenvalue weighted by atomic mass is 16.5. The van der Waals surface area contributed by atoms with Crippen LogP contribution < -0.4 is 5.84 Å². The summed E-state index contributed by atoms with van der Waals surface area (Å²) in [4.78, 5) is 37.8. The standard InChI is InChI=1S/C14H16N4O4/c15-17(12(19)9-4-2-1-3-5-9)13(20)11-7-6-10-8-16(11)14(21)18(10)22/h1-5,10-11,22H,6-8,15H2/t10-,11-/m1/s1. The van der Waals surface area contributed by atoms with Gasteiger partial charge in [0, 0.05) is 12.1 Å². The second kappa shape index (κ2) is 5.39. The van der Waals surface area contributed by atoms with Gasteiger partial charge in [0.1, 0.15) is 6.04 Å². The first kappa shape index (κ1) is 14.5. The molecule has 3 N–H and O–H groups in total. The van der Waals surface area contributed by atoms with Crippen LogP contribution in [0, 0.1) is 0 Å². The van der Waals surface area contributed by atoms with Gasteiger partial charge >= 0.3 is 6.03 Å². The van der Waals surface area contributed by atoms with Crippen LogP contribution in [-0.4, -0.2) is 56.7 Å². The zero-order valence-electron chi connectivity index (χ0n) is 11.8.